The number of hydrogen-bond donors (Lipinski definition) is 1. The summed E-state index contributed by atoms with van der Waals surface area (Å²) in [6.07, 6.45) is 0.247. The van der Waals surface area contributed by atoms with Crippen LogP contribution in [0.4, 0.5) is 4.39 Å². The first-order valence-corrected chi connectivity index (χ1v) is 9.73. The summed E-state index contributed by atoms with van der Waals surface area (Å²) in [4.78, 5) is 29.0. The maximum Gasteiger partial charge on any atom is 0.254 e. The first kappa shape index (κ1) is 20.8. The van der Waals surface area contributed by atoms with Crippen LogP contribution in [0.1, 0.15) is 22.3 Å². The summed E-state index contributed by atoms with van der Waals surface area (Å²) in [5, 5.41) is 3.22. The van der Waals surface area contributed by atoms with E-state index in [9.17, 15) is 14.0 Å². The molecule has 0 aliphatic carbocycles. The molecule has 2 aromatic rings. The standard InChI is InChI=1S/C22H26FN3O3/c1-29-20-4-2-3-17(15-20)16-26(22(28)18-5-7-19(23)8-6-18)12-9-21(27)25-13-10-24-11-14-25/h2-8,15,24H,9-14,16H2,1H3. The molecule has 1 N–H and O–H groups in total. The van der Waals surface area contributed by atoms with Crippen molar-refractivity contribution >= 4 is 11.8 Å². The average molecular weight is 399 g/mol. The van der Waals surface area contributed by atoms with E-state index in [1.165, 1.54) is 24.3 Å². The van der Waals surface area contributed by atoms with Crippen molar-refractivity contribution in [3.05, 3.63) is 65.5 Å². The number of nitrogens with zero attached hydrogens (tertiary/aromatic N) is 2. The van der Waals surface area contributed by atoms with E-state index in [1.54, 1.807) is 12.0 Å². The maximum absolute atomic E-state index is 13.2. The molecule has 1 aliphatic rings. The van der Waals surface area contributed by atoms with Gasteiger partial charge in [-0.05, 0) is 42.0 Å². The highest BCUT2D eigenvalue weighted by molar-refractivity contribution is 5.94. The van der Waals surface area contributed by atoms with E-state index >= 15 is 0 Å². The van der Waals surface area contributed by atoms with Gasteiger partial charge < -0.3 is 19.9 Å². The van der Waals surface area contributed by atoms with Gasteiger partial charge in [0.05, 0.1) is 7.11 Å². The Hall–Kier alpha value is -2.93. The lowest BCUT2D eigenvalue weighted by Crippen LogP contribution is -2.47. The Labute approximate surface area is 170 Å². The number of benzene rings is 2. The summed E-state index contributed by atoms with van der Waals surface area (Å²) < 4.78 is 18.5. The molecule has 3 rings (SSSR count). The number of piperazine rings is 1. The lowest BCUT2D eigenvalue weighted by atomic mass is 10.1. The fourth-order valence-electron chi connectivity index (χ4n) is 3.32. The van der Waals surface area contributed by atoms with Crippen LogP contribution in [0.25, 0.3) is 0 Å². The van der Waals surface area contributed by atoms with Crippen molar-refractivity contribution < 1.29 is 18.7 Å². The first-order chi connectivity index (χ1) is 14.1. The SMILES string of the molecule is COc1cccc(CN(CCC(=O)N2CCNCC2)C(=O)c2ccc(F)cc2)c1. The zero-order valence-corrected chi connectivity index (χ0v) is 16.6. The van der Waals surface area contributed by atoms with Gasteiger partial charge in [0, 0.05) is 51.3 Å². The van der Waals surface area contributed by atoms with Gasteiger partial charge in [-0.2, -0.15) is 0 Å². The van der Waals surface area contributed by atoms with Crippen LogP contribution in [-0.2, 0) is 11.3 Å². The van der Waals surface area contributed by atoms with Gasteiger partial charge in [0.15, 0.2) is 0 Å². The lowest BCUT2D eigenvalue weighted by Gasteiger charge is -2.29. The minimum Gasteiger partial charge on any atom is -0.497 e. The molecule has 0 bridgehead atoms. The van der Waals surface area contributed by atoms with Crippen molar-refractivity contribution in [2.45, 2.75) is 13.0 Å². The average Bonchev–Trinajstić information content (AvgIpc) is 2.77. The van der Waals surface area contributed by atoms with E-state index < -0.39 is 5.82 Å². The monoisotopic (exact) mass is 399 g/mol. The summed E-state index contributed by atoms with van der Waals surface area (Å²) in [6, 6.07) is 12.9. The molecule has 6 nitrogen and oxygen atoms in total. The Morgan fingerprint density at radius 1 is 1.14 bits per heavy atom. The summed E-state index contributed by atoms with van der Waals surface area (Å²) in [5.41, 5.74) is 1.29. The lowest BCUT2D eigenvalue weighted by molar-refractivity contribution is -0.132. The topological polar surface area (TPSA) is 61.9 Å². The van der Waals surface area contributed by atoms with Crippen molar-refractivity contribution in [2.24, 2.45) is 0 Å². The number of carbonyl (C=O) groups is 2. The number of nitrogens with one attached hydrogen (secondary N) is 1. The second-order valence-corrected chi connectivity index (χ2v) is 6.97. The van der Waals surface area contributed by atoms with E-state index in [-0.39, 0.29) is 24.8 Å². The second kappa shape index (κ2) is 10.0. The summed E-state index contributed by atoms with van der Waals surface area (Å²) >= 11 is 0. The highest BCUT2D eigenvalue weighted by Crippen LogP contribution is 2.17. The van der Waals surface area contributed by atoms with Crippen LogP contribution >= 0.6 is 0 Å². The molecule has 0 unspecified atom stereocenters. The van der Waals surface area contributed by atoms with Gasteiger partial charge >= 0.3 is 0 Å². The van der Waals surface area contributed by atoms with Crippen molar-refractivity contribution in [2.75, 3.05) is 39.8 Å². The summed E-state index contributed by atoms with van der Waals surface area (Å²) in [7, 11) is 1.59. The zero-order valence-electron chi connectivity index (χ0n) is 16.6. The molecule has 1 fully saturated rings. The Morgan fingerprint density at radius 3 is 2.55 bits per heavy atom. The van der Waals surface area contributed by atoms with E-state index in [0.29, 0.717) is 30.9 Å². The minimum absolute atomic E-state index is 0.0362. The Balaban J connectivity index is 1.73. The Morgan fingerprint density at radius 2 is 1.86 bits per heavy atom. The molecule has 1 aliphatic heterocycles. The number of rotatable bonds is 7. The van der Waals surface area contributed by atoms with Gasteiger partial charge in [-0.25, -0.2) is 4.39 Å². The molecule has 0 spiro atoms. The van der Waals surface area contributed by atoms with Crippen LogP contribution in [0.15, 0.2) is 48.5 Å². The molecule has 29 heavy (non-hydrogen) atoms. The van der Waals surface area contributed by atoms with E-state index in [4.69, 9.17) is 4.74 Å². The molecular weight excluding hydrogens is 373 g/mol. The van der Waals surface area contributed by atoms with Crippen molar-refractivity contribution in [1.29, 1.82) is 0 Å². The van der Waals surface area contributed by atoms with E-state index in [1.807, 2.05) is 29.2 Å². The van der Waals surface area contributed by atoms with Crippen LogP contribution in [0.2, 0.25) is 0 Å². The number of ether oxygens (including phenoxy) is 1. The van der Waals surface area contributed by atoms with Crippen LogP contribution < -0.4 is 10.1 Å². The van der Waals surface area contributed by atoms with Gasteiger partial charge in [-0.15, -0.1) is 0 Å². The third-order valence-electron chi connectivity index (χ3n) is 4.95. The first-order valence-electron chi connectivity index (χ1n) is 9.73. The Kier molecular flexibility index (Phi) is 7.19. The van der Waals surface area contributed by atoms with Crippen molar-refractivity contribution in [1.82, 2.24) is 15.1 Å². The molecule has 0 radical (unpaired) electrons. The third-order valence-corrected chi connectivity index (χ3v) is 4.95. The largest absolute Gasteiger partial charge is 0.497 e. The quantitative estimate of drug-likeness (QED) is 0.776. The third kappa shape index (κ3) is 5.77. The van der Waals surface area contributed by atoms with E-state index in [2.05, 4.69) is 5.32 Å². The summed E-state index contributed by atoms with van der Waals surface area (Å²) in [5.74, 6) is 0.110. The predicted octanol–water partition coefficient (Wildman–Crippen LogP) is 2.30. The minimum atomic E-state index is -0.394. The van der Waals surface area contributed by atoms with Crippen LogP contribution in [-0.4, -0.2) is 61.4 Å². The van der Waals surface area contributed by atoms with Crippen LogP contribution in [0.5, 0.6) is 5.75 Å². The number of halogens is 1. The molecule has 2 amide bonds. The molecule has 0 saturated carbocycles. The summed E-state index contributed by atoms with van der Waals surface area (Å²) in [6.45, 7) is 3.56. The molecular formula is C22H26FN3O3. The van der Waals surface area contributed by atoms with Gasteiger partial charge in [0.2, 0.25) is 5.91 Å². The number of methoxy groups -OCH3 is 1. The van der Waals surface area contributed by atoms with Gasteiger partial charge in [0.25, 0.3) is 5.91 Å². The highest BCUT2D eigenvalue weighted by Gasteiger charge is 2.21. The molecule has 7 heteroatoms. The normalized spacial score (nSPS) is 13.8. The van der Waals surface area contributed by atoms with Crippen LogP contribution in [0, 0.1) is 5.82 Å². The molecule has 2 aromatic carbocycles. The molecule has 0 atom stereocenters. The number of hydrogen-bond acceptors (Lipinski definition) is 4. The fourth-order valence-corrected chi connectivity index (χ4v) is 3.32. The molecule has 0 aromatic heterocycles. The number of carbonyl (C=O) groups excluding carboxylic acids is 2. The van der Waals surface area contributed by atoms with Crippen LogP contribution in [0.3, 0.4) is 0 Å². The van der Waals surface area contributed by atoms with Crippen molar-refractivity contribution in [3.63, 3.8) is 0 Å². The maximum atomic E-state index is 13.2. The van der Waals surface area contributed by atoms with Gasteiger partial charge in [-0.3, -0.25) is 9.59 Å². The van der Waals surface area contributed by atoms with Gasteiger partial charge in [-0.1, -0.05) is 12.1 Å². The zero-order chi connectivity index (χ0) is 20.6. The predicted molar refractivity (Wildman–Crippen MR) is 108 cm³/mol. The smallest absolute Gasteiger partial charge is 0.254 e. The highest BCUT2D eigenvalue weighted by atomic mass is 19.1. The molecule has 1 saturated heterocycles. The molecule has 154 valence electrons. The molecule has 1 heterocycles. The van der Waals surface area contributed by atoms with E-state index in [0.717, 1.165) is 18.7 Å². The van der Waals surface area contributed by atoms with Gasteiger partial charge in [0.1, 0.15) is 11.6 Å². The van der Waals surface area contributed by atoms with Crippen molar-refractivity contribution in [3.8, 4) is 5.75 Å². The number of amides is 2. The Bertz CT molecular complexity index is 835. The fraction of sp³-hybridized carbons (Fsp3) is 0.364. The second-order valence-electron chi connectivity index (χ2n) is 6.97.